The Morgan fingerprint density at radius 2 is 1.96 bits per heavy atom. The van der Waals surface area contributed by atoms with Crippen molar-refractivity contribution in [1.82, 2.24) is 9.80 Å². The van der Waals surface area contributed by atoms with Gasteiger partial charge in [-0.2, -0.15) is 0 Å². The highest BCUT2D eigenvalue weighted by molar-refractivity contribution is 5.92. The Labute approximate surface area is 169 Å². The van der Waals surface area contributed by atoms with Crippen LogP contribution < -0.4 is 9.47 Å². The van der Waals surface area contributed by atoms with Crippen molar-refractivity contribution < 1.29 is 14.3 Å². The largest absolute Gasteiger partial charge is 0.493 e. The third-order valence-corrected chi connectivity index (χ3v) is 5.88. The van der Waals surface area contributed by atoms with E-state index in [0.717, 1.165) is 44.6 Å². The maximum Gasteiger partial charge on any atom is 0.246 e. The normalized spacial score (nSPS) is 23.1. The molecule has 3 rings (SSSR count). The molecule has 0 bridgehead atoms. The zero-order chi connectivity index (χ0) is 20.1. The fraction of sp³-hybridized carbons (Fsp3) is 0.609. The van der Waals surface area contributed by atoms with Gasteiger partial charge in [0.05, 0.1) is 14.2 Å². The van der Waals surface area contributed by atoms with Gasteiger partial charge >= 0.3 is 0 Å². The summed E-state index contributed by atoms with van der Waals surface area (Å²) in [5.41, 5.74) is 0.936. The Morgan fingerprint density at radius 1 is 1.18 bits per heavy atom. The van der Waals surface area contributed by atoms with Gasteiger partial charge in [0.2, 0.25) is 5.91 Å². The van der Waals surface area contributed by atoms with Gasteiger partial charge in [0, 0.05) is 38.3 Å². The topological polar surface area (TPSA) is 42.0 Å². The van der Waals surface area contributed by atoms with Gasteiger partial charge in [-0.3, -0.25) is 4.79 Å². The highest BCUT2D eigenvalue weighted by atomic mass is 16.5. The van der Waals surface area contributed by atoms with Crippen LogP contribution in [0.4, 0.5) is 0 Å². The van der Waals surface area contributed by atoms with Crippen molar-refractivity contribution in [2.75, 3.05) is 40.4 Å². The lowest BCUT2D eigenvalue weighted by molar-refractivity contribution is -0.133. The number of ether oxygens (including phenoxy) is 2. The highest BCUT2D eigenvalue weighted by Gasteiger charge is 2.37. The molecule has 154 valence electrons. The second kappa shape index (κ2) is 9.46. The molecule has 2 saturated heterocycles. The molecule has 0 spiro atoms. The molecule has 1 aromatic rings. The molecule has 28 heavy (non-hydrogen) atoms. The van der Waals surface area contributed by atoms with Gasteiger partial charge in [0.1, 0.15) is 0 Å². The summed E-state index contributed by atoms with van der Waals surface area (Å²) in [4.78, 5) is 17.6. The fourth-order valence-electron chi connectivity index (χ4n) is 4.65. The molecule has 2 aliphatic heterocycles. The van der Waals surface area contributed by atoms with E-state index >= 15 is 0 Å². The second-order valence-corrected chi connectivity index (χ2v) is 8.39. The lowest BCUT2D eigenvalue weighted by Gasteiger charge is -2.47. The monoisotopic (exact) mass is 386 g/mol. The first kappa shape index (κ1) is 20.7. The van der Waals surface area contributed by atoms with Crippen molar-refractivity contribution in [2.45, 2.75) is 39.2 Å². The molecule has 2 atom stereocenters. The van der Waals surface area contributed by atoms with E-state index in [1.807, 2.05) is 24.3 Å². The summed E-state index contributed by atoms with van der Waals surface area (Å²) in [6.07, 6.45) is 7.02. The minimum absolute atomic E-state index is 0.127. The summed E-state index contributed by atoms with van der Waals surface area (Å²) in [6, 6.07) is 6.09. The van der Waals surface area contributed by atoms with Crippen LogP contribution in [0, 0.1) is 11.8 Å². The smallest absolute Gasteiger partial charge is 0.246 e. The fourth-order valence-corrected chi connectivity index (χ4v) is 4.65. The summed E-state index contributed by atoms with van der Waals surface area (Å²) >= 11 is 0. The Bertz CT molecular complexity index is 701. The second-order valence-electron chi connectivity index (χ2n) is 8.39. The molecule has 0 unspecified atom stereocenters. The Morgan fingerprint density at radius 3 is 2.68 bits per heavy atom. The molecular weight excluding hydrogens is 352 g/mol. The first-order valence-electron chi connectivity index (χ1n) is 10.4. The van der Waals surface area contributed by atoms with E-state index in [9.17, 15) is 4.79 Å². The van der Waals surface area contributed by atoms with Gasteiger partial charge in [-0.15, -0.1) is 0 Å². The summed E-state index contributed by atoms with van der Waals surface area (Å²) in [7, 11) is 3.24. The van der Waals surface area contributed by atoms with E-state index in [4.69, 9.17) is 9.47 Å². The molecule has 2 aliphatic rings. The Hall–Kier alpha value is -2.01. The summed E-state index contributed by atoms with van der Waals surface area (Å²) < 4.78 is 10.6. The van der Waals surface area contributed by atoms with Gasteiger partial charge in [-0.25, -0.2) is 0 Å². The number of methoxy groups -OCH3 is 2. The van der Waals surface area contributed by atoms with E-state index in [2.05, 4.69) is 23.6 Å². The van der Waals surface area contributed by atoms with E-state index in [1.54, 1.807) is 20.3 Å². The highest BCUT2D eigenvalue weighted by Crippen LogP contribution is 2.32. The zero-order valence-corrected chi connectivity index (χ0v) is 17.7. The van der Waals surface area contributed by atoms with Crippen molar-refractivity contribution in [3.63, 3.8) is 0 Å². The first-order chi connectivity index (χ1) is 13.5. The van der Waals surface area contributed by atoms with Crippen molar-refractivity contribution in [1.29, 1.82) is 0 Å². The van der Waals surface area contributed by atoms with Crippen molar-refractivity contribution >= 4 is 12.0 Å². The van der Waals surface area contributed by atoms with Gasteiger partial charge in [0.15, 0.2) is 11.5 Å². The van der Waals surface area contributed by atoms with E-state index in [1.165, 1.54) is 6.42 Å². The van der Waals surface area contributed by atoms with Crippen LogP contribution in [0.2, 0.25) is 0 Å². The lowest BCUT2D eigenvalue weighted by atomic mass is 9.83. The number of nitrogens with zero attached hydrogens (tertiary/aromatic N) is 2. The molecule has 5 heteroatoms. The zero-order valence-electron chi connectivity index (χ0n) is 17.7. The van der Waals surface area contributed by atoms with Crippen molar-refractivity contribution in [2.24, 2.45) is 11.8 Å². The van der Waals surface area contributed by atoms with Crippen LogP contribution in [-0.4, -0.2) is 62.1 Å². The molecule has 0 radical (unpaired) electrons. The lowest BCUT2D eigenvalue weighted by Crippen LogP contribution is -2.55. The average Bonchev–Trinajstić information content (AvgIpc) is 2.70. The number of carbonyl (C=O) groups is 1. The number of hydrogen-bond acceptors (Lipinski definition) is 4. The molecular formula is C23H34N2O3. The SMILES string of the molecule is COc1ccc(/C=C/C(=O)N2CCC[C@@H]3CN(CC(C)C)CC[C@@H]32)cc1OC. The van der Waals surface area contributed by atoms with Gasteiger partial charge in [-0.1, -0.05) is 19.9 Å². The third kappa shape index (κ3) is 4.88. The van der Waals surface area contributed by atoms with Crippen molar-refractivity contribution in [3.8, 4) is 11.5 Å². The molecule has 0 aliphatic carbocycles. The number of piperidine rings is 2. The van der Waals surface area contributed by atoms with E-state index in [0.29, 0.717) is 29.4 Å². The maximum absolute atomic E-state index is 12.9. The Balaban J connectivity index is 1.65. The predicted octanol–water partition coefficient (Wildman–Crippen LogP) is 3.69. The number of fused-ring (bicyclic) bond motifs is 1. The van der Waals surface area contributed by atoms with Crippen molar-refractivity contribution in [3.05, 3.63) is 29.8 Å². The third-order valence-electron chi connectivity index (χ3n) is 5.88. The number of carbonyl (C=O) groups excluding carboxylic acids is 1. The summed E-state index contributed by atoms with van der Waals surface area (Å²) in [5.74, 6) is 2.80. The van der Waals surface area contributed by atoms with Gasteiger partial charge in [-0.05, 0) is 54.9 Å². The number of benzene rings is 1. The van der Waals surface area contributed by atoms with Crippen LogP contribution in [-0.2, 0) is 4.79 Å². The van der Waals surface area contributed by atoms with Crippen LogP contribution in [0.5, 0.6) is 11.5 Å². The van der Waals surface area contributed by atoms with Crippen LogP contribution in [0.1, 0.15) is 38.7 Å². The first-order valence-corrected chi connectivity index (χ1v) is 10.4. The average molecular weight is 387 g/mol. The van der Waals surface area contributed by atoms with Gasteiger partial charge in [0.25, 0.3) is 0 Å². The summed E-state index contributed by atoms with van der Waals surface area (Å²) in [5, 5.41) is 0. The molecule has 0 N–H and O–H groups in total. The molecule has 1 amide bonds. The standard InChI is InChI=1S/C23H34N2O3/c1-17(2)15-24-13-11-20-19(16-24)6-5-12-25(20)23(26)10-8-18-7-9-21(27-3)22(14-18)28-4/h7-10,14,17,19-20H,5-6,11-13,15-16H2,1-4H3/b10-8+/t19-,20+/m1/s1. The molecule has 1 aromatic carbocycles. The number of hydrogen-bond donors (Lipinski definition) is 0. The number of rotatable bonds is 6. The minimum Gasteiger partial charge on any atom is -0.493 e. The maximum atomic E-state index is 12.9. The van der Waals surface area contributed by atoms with Crippen LogP contribution in [0.25, 0.3) is 6.08 Å². The molecule has 2 fully saturated rings. The van der Waals surface area contributed by atoms with Crippen LogP contribution in [0.3, 0.4) is 0 Å². The Kier molecular flexibility index (Phi) is 7.00. The number of amides is 1. The van der Waals surface area contributed by atoms with E-state index in [-0.39, 0.29) is 5.91 Å². The van der Waals surface area contributed by atoms with E-state index < -0.39 is 0 Å². The molecule has 5 nitrogen and oxygen atoms in total. The van der Waals surface area contributed by atoms with Crippen LogP contribution in [0.15, 0.2) is 24.3 Å². The number of likely N-dealkylation sites (tertiary alicyclic amines) is 2. The molecule has 2 heterocycles. The minimum atomic E-state index is 0.127. The quantitative estimate of drug-likeness (QED) is 0.700. The molecule has 0 saturated carbocycles. The van der Waals surface area contributed by atoms with Crippen LogP contribution >= 0.6 is 0 Å². The molecule has 0 aromatic heterocycles. The predicted molar refractivity (Wildman–Crippen MR) is 113 cm³/mol. The van der Waals surface area contributed by atoms with Gasteiger partial charge < -0.3 is 19.3 Å². The summed E-state index contributed by atoms with van der Waals surface area (Å²) in [6.45, 7) is 8.83.